The number of nitrogens with two attached hydrogens (primary N) is 1. The van der Waals surface area contributed by atoms with Crippen LogP contribution in [0.3, 0.4) is 0 Å². The normalized spacial score (nSPS) is 12.5. The summed E-state index contributed by atoms with van der Waals surface area (Å²) in [5, 5.41) is 34.8. The maximum absolute atomic E-state index is 10.1. The minimum atomic E-state index is -1.29. The Labute approximate surface area is 107 Å². The van der Waals surface area contributed by atoms with Crippen LogP contribution < -0.4 is 11.1 Å². The van der Waals surface area contributed by atoms with Gasteiger partial charge in [-0.05, 0) is 7.05 Å². The minimum Gasteiger partial charge on any atom is -0.481 e. The average molecular weight is 280 g/mol. The van der Waals surface area contributed by atoms with Crippen LogP contribution in [0.4, 0.5) is 0 Å². The van der Waals surface area contributed by atoms with E-state index in [4.69, 9.17) is 26.2 Å². The molecule has 0 aliphatic rings. The molecule has 0 saturated heterocycles. The molecule has 0 aromatic heterocycles. The maximum atomic E-state index is 10.1. The first-order chi connectivity index (χ1) is 8.61. The van der Waals surface area contributed by atoms with E-state index in [9.17, 15) is 19.2 Å². The van der Waals surface area contributed by atoms with E-state index in [-0.39, 0.29) is 0 Å². The van der Waals surface area contributed by atoms with Gasteiger partial charge in [-0.1, -0.05) is 0 Å². The highest BCUT2D eigenvalue weighted by Crippen LogP contribution is 1.90. The molecule has 0 unspecified atom stereocenters. The maximum Gasteiger partial charge on any atom is 0.321 e. The van der Waals surface area contributed by atoms with E-state index in [0.29, 0.717) is 0 Å². The Hall–Kier alpha value is -2.20. The molecule has 19 heavy (non-hydrogen) atoms. The van der Waals surface area contributed by atoms with Crippen molar-refractivity contribution >= 4 is 23.9 Å². The third-order valence-corrected chi connectivity index (χ3v) is 1.74. The van der Waals surface area contributed by atoms with Gasteiger partial charge in [0, 0.05) is 0 Å². The van der Waals surface area contributed by atoms with Gasteiger partial charge in [0.2, 0.25) is 0 Å². The molecule has 0 aliphatic heterocycles. The Bertz CT molecular complexity index is 343. The van der Waals surface area contributed by atoms with Crippen molar-refractivity contribution in [3.05, 3.63) is 0 Å². The molecule has 0 aromatic rings. The summed E-state index contributed by atoms with van der Waals surface area (Å²) in [6.45, 7) is 0. The predicted octanol–water partition coefficient (Wildman–Crippen LogP) is -1.99. The van der Waals surface area contributed by atoms with E-state index in [1.165, 1.54) is 7.05 Å². The first-order valence-electron chi connectivity index (χ1n) is 4.93. The first-order valence-corrected chi connectivity index (χ1v) is 4.93. The fraction of sp³-hybridized carbons (Fsp3) is 0.556. The van der Waals surface area contributed by atoms with Crippen LogP contribution in [0.15, 0.2) is 0 Å². The molecule has 0 bridgehead atoms. The van der Waals surface area contributed by atoms with Crippen molar-refractivity contribution in [3.8, 4) is 0 Å². The number of likely N-dealkylation sites (N-methyl/N-ethyl adjacent to an activating group) is 1. The summed E-state index contributed by atoms with van der Waals surface area (Å²) < 4.78 is 0. The van der Waals surface area contributed by atoms with Crippen molar-refractivity contribution in [2.45, 2.75) is 24.9 Å². The second-order valence-electron chi connectivity index (χ2n) is 3.32. The van der Waals surface area contributed by atoms with Crippen molar-refractivity contribution in [2.75, 3.05) is 7.05 Å². The van der Waals surface area contributed by atoms with E-state index >= 15 is 0 Å². The van der Waals surface area contributed by atoms with Crippen LogP contribution in [0.1, 0.15) is 12.8 Å². The number of rotatable bonds is 7. The lowest BCUT2D eigenvalue weighted by Gasteiger charge is -2.06. The molecular formula is C9H16N2O8. The van der Waals surface area contributed by atoms with Crippen molar-refractivity contribution in [1.29, 1.82) is 0 Å². The molecule has 7 N–H and O–H groups in total. The highest BCUT2D eigenvalue weighted by molar-refractivity contribution is 5.80. The second kappa shape index (κ2) is 9.79. The smallest absolute Gasteiger partial charge is 0.321 e. The highest BCUT2D eigenvalue weighted by Gasteiger charge is 2.17. The van der Waals surface area contributed by atoms with Gasteiger partial charge in [-0.3, -0.25) is 19.2 Å². The Morgan fingerprint density at radius 2 is 1.37 bits per heavy atom. The number of hydrogen-bond acceptors (Lipinski definition) is 6. The van der Waals surface area contributed by atoms with Crippen molar-refractivity contribution in [2.24, 2.45) is 5.73 Å². The van der Waals surface area contributed by atoms with Crippen molar-refractivity contribution in [3.63, 3.8) is 0 Å². The molecule has 110 valence electrons. The number of carboxylic acid groups (broad SMARTS) is 4. The lowest BCUT2D eigenvalue weighted by molar-refractivity contribution is -0.145. The van der Waals surface area contributed by atoms with E-state index in [1.807, 2.05) is 0 Å². The molecule has 10 nitrogen and oxygen atoms in total. The quantitative estimate of drug-likeness (QED) is 0.304. The van der Waals surface area contributed by atoms with Gasteiger partial charge in [0.1, 0.15) is 12.1 Å². The van der Waals surface area contributed by atoms with Crippen molar-refractivity contribution in [1.82, 2.24) is 5.32 Å². The SMILES string of the molecule is CN[C@@H](CC(=O)O)C(=O)O.N[C@@H](CC(=O)O)C(=O)O. The summed E-state index contributed by atoms with van der Waals surface area (Å²) in [4.78, 5) is 39.7. The molecule has 0 rings (SSSR count). The average Bonchev–Trinajstić information content (AvgIpc) is 2.25. The van der Waals surface area contributed by atoms with Gasteiger partial charge in [-0.15, -0.1) is 0 Å². The van der Waals surface area contributed by atoms with Crippen LogP contribution >= 0.6 is 0 Å². The molecule has 2 atom stereocenters. The Kier molecular flexibility index (Phi) is 9.87. The summed E-state index contributed by atoms with van der Waals surface area (Å²) >= 11 is 0. The zero-order valence-electron chi connectivity index (χ0n) is 10.1. The van der Waals surface area contributed by atoms with Crippen LogP contribution in [0.25, 0.3) is 0 Å². The van der Waals surface area contributed by atoms with Gasteiger partial charge >= 0.3 is 23.9 Å². The van der Waals surface area contributed by atoms with Crippen LogP contribution in [0.5, 0.6) is 0 Å². The largest absolute Gasteiger partial charge is 0.481 e. The van der Waals surface area contributed by atoms with Gasteiger partial charge in [0.25, 0.3) is 0 Å². The second-order valence-corrected chi connectivity index (χ2v) is 3.32. The lowest BCUT2D eigenvalue weighted by atomic mass is 10.2. The predicted molar refractivity (Wildman–Crippen MR) is 60.6 cm³/mol. The third-order valence-electron chi connectivity index (χ3n) is 1.74. The van der Waals surface area contributed by atoms with Crippen LogP contribution in [0.2, 0.25) is 0 Å². The molecule has 0 amide bonds. The summed E-state index contributed by atoms with van der Waals surface area (Å²) in [6, 6.07) is -2.28. The zero-order valence-corrected chi connectivity index (χ0v) is 10.1. The Morgan fingerprint density at radius 1 is 0.947 bits per heavy atom. The van der Waals surface area contributed by atoms with Crippen LogP contribution in [0, 0.1) is 0 Å². The fourth-order valence-electron chi connectivity index (χ4n) is 0.763. The number of carbonyl (C=O) groups is 4. The summed E-state index contributed by atoms with van der Waals surface area (Å²) in [5.41, 5.74) is 4.84. The lowest BCUT2D eigenvalue weighted by Crippen LogP contribution is -2.35. The van der Waals surface area contributed by atoms with Crippen LogP contribution in [-0.4, -0.2) is 63.4 Å². The molecule has 0 radical (unpaired) electrons. The Morgan fingerprint density at radius 3 is 1.47 bits per heavy atom. The third kappa shape index (κ3) is 12.1. The molecule has 0 spiro atoms. The van der Waals surface area contributed by atoms with E-state index in [0.717, 1.165) is 0 Å². The topological polar surface area (TPSA) is 187 Å². The first kappa shape index (κ1) is 19.1. The fourth-order valence-corrected chi connectivity index (χ4v) is 0.763. The Balaban J connectivity index is 0. The molecular weight excluding hydrogens is 264 g/mol. The summed E-state index contributed by atoms with van der Waals surface area (Å²) in [6.07, 6.45) is -0.929. The van der Waals surface area contributed by atoms with Gasteiger partial charge in [-0.25, -0.2) is 0 Å². The van der Waals surface area contributed by atoms with E-state index in [1.54, 1.807) is 0 Å². The number of nitrogens with one attached hydrogen (secondary N) is 1. The molecule has 0 fully saturated rings. The van der Waals surface area contributed by atoms with Gasteiger partial charge in [-0.2, -0.15) is 0 Å². The van der Waals surface area contributed by atoms with Gasteiger partial charge in [0.15, 0.2) is 0 Å². The number of aliphatic carboxylic acids is 4. The minimum absolute atomic E-state index is 0.397. The molecule has 0 aromatic carbocycles. The van der Waals surface area contributed by atoms with E-state index < -0.39 is 48.8 Å². The molecule has 10 heteroatoms. The monoisotopic (exact) mass is 280 g/mol. The van der Waals surface area contributed by atoms with E-state index in [2.05, 4.69) is 5.32 Å². The number of hydrogen-bond donors (Lipinski definition) is 6. The zero-order chi connectivity index (χ0) is 15.6. The molecule has 0 saturated carbocycles. The standard InChI is InChI=1S/C5H9NO4.C4H7NO4/c1-6-3(5(9)10)2-4(7)8;5-2(4(8)9)1-3(6)7/h3,6H,2H2,1H3,(H,7,8)(H,9,10);2H,1,5H2,(H,6,7)(H,8,9)/t3-;2-/m00/s1. The highest BCUT2D eigenvalue weighted by atomic mass is 16.4. The number of carboxylic acids is 4. The van der Waals surface area contributed by atoms with Gasteiger partial charge < -0.3 is 31.5 Å². The van der Waals surface area contributed by atoms with Crippen molar-refractivity contribution < 1.29 is 39.6 Å². The summed E-state index contributed by atoms with van der Waals surface area (Å²) in [5.74, 6) is -4.77. The molecule has 0 heterocycles. The molecule has 0 aliphatic carbocycles. The van der Waals surface area contributed by atoms with Crippen LogP contribution in [-0.2, 0) is 19.2 Å². The van der Waals surface area contributed by atoms with Gasteiger partial charge in [0.05, 0.1) is 12.8 Å². The summed E-state index contributed by atoms with van der Waals surface area (Å²) in [7, 11) is 1.40.